The summed E-state index contributed by atoms with van der Waals surface area (Å²) in [6.07, 6.45) is 3.78. The lowest BCUT2D eigenvalue weighted by atomic mass is 10.3. The Labute approximate surface area is 105 Å². The number of nitrogens with zero attached hydrogens (tertiary/aromatic N) is 2. The molecular weight excluding hydrogens is 234 g/mol. The van der Waals surface area contributed by atoms with E-state index in [0.29, 0.717) is 0 Å². The SMILES string of the molecule is CCCNCCc1nnc(-c2occc2C)s1. The maximum atomic E-state index is 5.40. The molecule has 2 aromatic heterocycles. The van der Waals surface area contributed by atoms with E-state index in [0.717, 1.165) is 47.3 Å². The van der Waals surface area contributed by atoms with Crippen molar-refractivity contribution in [2.75, 3.05) is 13.1 Å². The molecule has 0 bridgehead atoms. The first kappa shape index (κ1) is 12.3. The molecule has 0 aliphatic heterocycles. The lowest BCUT2D eigenvalue weighted by molar-refractivity contribution is 0.579. The fourth-order valence-electron chi connectivity index (χ4n) is 1.54. The Bertz CT molecular complexity index is 464. The largest absolute Gasteiger partial charge is 0.461 e. The minimum absolute atomic E-state index is 0.843. The molecule has 0 unspecified atom stereocenters. The minimum Gasteiger partial charge on any atom is -0.461 e. The van der Waals surface area contributed by atoms with Crippen LogP contribution in [0.5, 0.6) is 0 Å². The third kappa shape index (κ3) is 3.14. The van der Waals surface area contributed by atoms with Crippen molar-refractivity contribution in [3.63, 3.8) is 0 Å². The molecule has 0 saturated carbocycles. The van der Waals surface area contributed by atoms with Gasteiger partial charge in [0.25, 0.3) is 0 Å². The number of rotatable bonds is 6. The van der Waals surface area contributed by atoms with E-state index in [1.165, 1.54) is 0 Å². The van der Waals surface area contributed by atoms with Crippen LogP contribution >= 0.6 is 11.3 Å². The molecule has 0 aromatic carbocycles. The van der Waals surface area contributed by atoms with E-state index in [9.17, 15) is 0 Å². The number of aromatic nitrogens is 2. The zero-order chi connectivity index (χ0) is 12.1. The Kier molecular flexibility index (Phi) is 4.28. The Morgan fingerprint density at radius 1 is 1.35 bits per heavy atom. The normalized spacial score (nSPS) is 10.9. The molecule has 2 aromatic rings. The maximum Gasteiger partial charge on any atom is 0.183 e. The van der Waals surface area contributed by atoms with Crippen molar-refractivity contribution < 1.29 is 4.42 Å². The van der Waals surface area contributed by atoms with Gasteiger partial charge in [0, 0.05) is 13.0 Å². The van der Waals surface area contributed by atoms with Crippen LogP contribution in [0.2, 0.25) is 0 Å². The zero-order valence-electron chi connectivity index (χ0n) is 10.2. The summed E-state index contributed by atoms with van der Waals surface area (Å²) in [5, 5.41) is 13.6. The summed E-state index contributed by atoms with van der Waals surface area (Å²) in [6, 6.07) is 1.94. The van der Waals surface area contributed by atoms with Gasteiger partial charge in [-0.1, -0.05) is 18.3 Å². The van der Waals surface area contributed by atoms with Crippen molar-refractivity contribution in [2.24, 2.45) is 0 Å². The van der Waals surface area contributed by atoms with Crippen molar-refractivity contribution in [1.82, 2.24) is 15.5 Å². The predicted octanol–water partition coefficient (Wildman–Crippen LogP) is 2.65. The van der Waals surface area contributed by atoms with E-state index in [2.05, 4.69) is 22.4 Å². The second kappa shape index (κ2) is 5.93. The summed E-state index contributed by atoms with van der Waals surface area (Å²) >= 11 is 1.61. The molecule has 2 rings (SSSR count). The highest BCUT2D eigenvalue weighted by molar-refractivity contribution is 7.14. The molecule has 0 saturated heterocycles. The first-order valence-electron chi connectivity index (χ1n) is 5.89. The summed E-state index contributed by atoms with van der Waals surface area (Å²) in [5.74, 6) is 0.843. The van der Waals surface area contributed by atoms with E-state index in [-0.39, 0.29) is 0 Å². The first-order valence-corrected chi connectivity index (χ1v) is 6.70. The van der Waals surface area contributed by atoms with Crippen LogP contribution in [0.25, 0.3) is 10.8 Å². The number of hydrogen-bond acceptors (Lipinski definition) is 5. The summed E-state index contributed by atoms with van der Waals surface area (Å²) < 4.78 is 5.40. The van der Waals surface area contributed by atoms with Crippen LogP contribution in [0, 0.1) is 6.92 Å². The predicted molar refractivity (Wildman–Crippen MR) is 69.2 cm³/mol. The molecule has 4 nitrogen and oxygen atoms in total. The van der Waals surface area contributed by atoms with Crippen LogP contribution in [0.3, 0.4) is 0 Å². The van der Waals surface area contributed by atoms with Gasteiger partial charge < -0.3 is 9.73 Å². The van der Waals surface area contributed by atoms with Gasteiger partial charge in [0.2, 0.25) is 0 Å². The van der Waals surface area contributed by atoms with Crippen molar-refractivity contribution in [1.29, 1.82) is 0 Å². The van der Waals surface area contributed by atoms with Crippen molar-refractivity contribution in [3.8, 4) is 10.8 Å². The number of furan rings is 1. The lowest BCUT2D eigenvalue weighted by Crippen LogP contribution is -2.17. The molecule has 92 valence electrons. The molecule has 0 aliphatic rings. The summed E-state index contributed by atoms with van der Waals surface area (Å²) in [6.45, 7) is 6.20. The monoisotopic (exact) mass is 251 g/mol. The van der Waals surface area contributed by atoms with Gasteiger partial charge in [0.15, 0.2) is 10.8 Å². The maximum absolute atomic E-state index is 5.40. The molecule has 0 atom stereocenters. The van der Waals surface area contributed by atoms with Gasteiger partial charge in [-0.2, -0.15) is 0 Å². The molecule has 0 radical (unpaired) electrons. The third-order valence-electron chi connectivity index (χ3n) is 2.47. The fraction of sp³-hybridized carbons (Fsp3) is 0.500. The van der Waals surface area contributed by atoms with Crippen LogP contribution < -0.4 is 5.32 Å². The standard InChI is InChI=1S/C12H17N3OS/c1-3-6-13-7-4-10-14-15-12(17-10)11-9(2)5-8-16-11/h5,8,13H,3-4,6-7H2,1-2H3. The average Bonchev–Trinajstić information content (AvgIpc) is 2.93. The van der Waals surface area contributed by atoms with Crippen molar-refractivity contribution in [3.05, 3.63) is 22.9 Å². The molecular formula is C12H17N3OS. The van der Waals surface area contributed by atoms with Gasteiger partial charge in [0.1, 0.15) is 5.01 Å². The van der Waals surface area contributed by atoms with Gasteiger partial charge in [-0.05, 0) is 31.5 Å². The van der Waals surface area contributed by atoms with E-state index >= 15 is 0 Å². The molecule has 2 heterocycles. The second-order valence-electron chi connectivity index (χ2n) is 3.93. The summed E-state index contributed by atoms with van der Waals surface area (Å²) in [4.78, 5) is 0. The van der Waals surface area contributed by atoms with Crippen LogP contribution in [0.4, 0.5) is 0 Å². The molecule has 0 fully saturated rings. The Hall–Kier alpha value is -1.20. The summed E-state index contributed by atoms with van der Waals surface area (Å²) in [7, 11) is 0. The van der Waals surface area contributed by atoms with Crippen LogP contribution in [0.15, 0.2) is 16.7 Å². The van der Waals surface area contributed by atoms with Gasteiger partial charge in [-0.25, -0.2) is 0 Å². The minimum atomic E-state index is 0.843. The molecule has 1 N–H and O–H groups in total. The number of nitrogens with one attached hydrogen (secondary N) is 1. The van der Waals surface area contributed by atoms with Crippen LogP contribution in [0.1, 0.15) is 23.9 Å². The highest BCUT2D eigenvalue weighted by Gasteiger charge is 2.11. The van der Waals surface area contributed by atoms with E-state index in [4.69, 9.17) is 4.42 Å². The van der Waals surface area contributed by atoms with E-state index in [1.54, 1.807) is 17.6 Å². The highest BCUT2D eigenvalue weighted by atomic mass is 32.1. The quantitative estimate of drug-likeness (QED) is 0.802. The van der Waals surface area contributed by atoms with E-state index in [1.807, 2.05) is 13.0 Å². The number of hydrogen-bond donors (Lipinski definition) is 1. The number of aryl methyl sites for hydroxylation is 1. The Balaban J connectivity index is 1.95. The molecule has 0 amide bonds. The summed E-state index contributed by atoms with van der Waals surface area (Å²) in [5.41, 5.74) is 1.11. The van der Waals surface area contributed by atoms with Gasteiger partial charge in [0.05, 0.1) is 6.26 Å². The second-order valence-corrected chi connectivity index (χ2v) is 5.00. The third-order valence-corrected chi connectivity index (χ3v) is 3.45. The fourth-order valence-corrected chi connectivity index (χ4v) is 2.43. The molecule has 17 heavy (non-hydrogen) atoms. The molecule has 0 spiro atoms. The molecule has 0 aliphatic carbocycles. The van der Waals surface area contributed by atoms with Crippen LogP contribution in [-0.4, -0.2) is 23.3 Å². The van der Waals surface area contributed by atoms with Crippen LogP contribution in [-0.2, 0) is 6.42 Å². The topological polar surface area (TPSA) is 51.0 Å². The van der Waals surface area contributed by atoms with Gasteiger partial charge >= 0.3 is 0 Å². The molecule has 5 heteroatoms. The highest BCUT2D eigenvalue weighted by Crippen LogP contribution is 2.27. The Morgan fingerprint density at radius 3 is 2.94 bits per heavy atom. The average molecular weight is 251 g/mol. The van der Waals surface area contributed by atoms with Crippen molar-refractivity contribution >= 4 is 11.3 Å². The zero-order valence-corrected chi connectivity index (χ0v) is 11.0. The van der Waals surface area contributed by atoms with Crippen molar-refractivity contribution in [2.45, 2.75) is 26.7 Å². The Morgan fingerprint density at radius 2 is 2.24 bits per heavy atom. The smallest absolute Gasteiger partial charge is 0.183 e. The van der Waals surface area contributed by atoms with E-state index < -0.39 is 0 Å². The lowest BCUT2D eigenvalue weighted by Gasteiger charge is -1.98. The van der Waals surface area contributed by atoms with Gasteiger partial charge in [-0.3, -0.25) is 0 Å². The first-order chi connectivity index (χ1) is 8.31. The van der Waals surface area contributed by atoms with Gasteiger partial charge in [-0.15, -0.1) is 10.2 Å².